The molecule has 0 N–H and O–H groups in total. The molecule has 0 saturated carbocycles. The van der Waals surface area contributed by atoms with Crippen LogP contribution in [0.5, 0.6) is 0 Å². The first-order valence-corrected chi connectivity index (χ1v) is 5.49. The number of rotatable bonds is 1. The summed E-state index contributed by atoms with van der Waals surface area (Å²) in [6.45, 7) is 4.35. The molecule has 0 aliphatic carbocycles. The molecule has 0 aliphatic rings. The second-order valence-corrected chi connectivity index (χ2v) is 7.45. The van der Waals surface area contributed by atoms with E-state index in [4.69, 9.17) is 0 Å². The lowest BCUT2D eigenvalue weighted by Crippen LogP contribution is -2.02. The summed E-state index contributed by atoms with van der Waals surface area (Å²) in [5.74, 6) is 0. The van der Waals surface area contributed by atoms with E-state index in [1.54, 1.807) is 11.3 Å². The van der Waals surface area contributed by atoms with Gasteiger partial charge in [0, 0.05) is 11.1 Å². The molecule has 0 saturated heterocycles. The molecule has 1 aromatic rings. The molecular formula is C6H7BrINS. The third-order valence-electron chi connectivity index (χ3n) is 1.06. The fourth-order valence-electron chi connectivity index (χ4n) is 0.528. The van der Waals surface area contributed by atoms with Gasteiger partial charge in [-0.05, 0) is 29.8 Å². The summed E-state index contributed by atoms with van der Waals surface area (Å²) in [6, 6.07) is 0. The van der Waals surface area contributed by atoms with Crippen molar-refractivity contribution in [1.29, 1.82) is 0 Å². The Kier molecular flexibility index (Phi) is 2.74. The fraction of sp³-hybridized carbons (Fsp3) is 0.500. The largest absolute Gasteiger partial charge is 0.237 e. The van der Waals surface area contributed by atoms with E-state index in [0.717, 1.165) is 3.92 Å². The zero-order chi connectivity index (χ0) is 7.78. The lowest BCUT2D eigenvalue weighted by atomic mass is 10.2. The van der Waals surface area contributed by atoms with Crippen molar-refractivity contribution in [3.8, 4) is 0 Å². The monoisotopic (exact) mass is 331 g/mol. The lowest BCUT2D eigenvalue weighted by molar-refractivity contribution is 0.845. The molecule has 0 aromatic carbocycles. The summed E-state index contributed by atoms with van der Waals surface area (Å²) in [7, 11) is 0. The average molecular weight is 332 g/mol. The second kappa shape index (κ2) is 3.06. The van der Waals surface area contributed by atoms with Gasteiger partial charge >= 0.3 is 0 Å². The highest BCUT2D eigenvalue weighted by molar-refractivity contribution is 14.1. The smallest absolute Gasteiger partial charge is 0.159 e. The van der Waals surface area contributed by atoms with Gasteiger partial charge in [-0.1, -0.05) is 22.6 Å². The van der Waals surface area contributed by atoms with Crippen LogP contribution in [0, 0.1) is 0 Å². The van der Waals surface area contributed by atoms with E-state index in [2.05, 4.69) is 57.4 Å². The van der Waals surface area contributed by atoms with Gasteiger partial charge in [0.15, 0.2) is 3.92 Å². The number of aromatic nitrogens is 1. The van der Waals surface area contributed by atoms with Gasteiger partial charge in [-0.15, -0.1) is 11.3 Å². The Hall–Kier alpha value is 0.840. The Morgan fingerprint density at radius 1 is 1.70 bits per heavy atom. The van der Waals surface area contributed by atoms with Crippen LogP contribution in [0.3, 0.4) is 0 Å². The summed E-state index contributed by atoms with van der Waals surface area (Å²) >= 11 is 7.43. The number of thiazole rings is 1. The molecule has 0 fully saturated rings. The third-order valence-corrected chi connectivity index (χ3v) is 3.81. The van der Waals surface area contributed by atoms with Crippen molar-refractivity contribution in [3.05, 3.63) is 15.0 Å². The Bertz CT molecular complexity index is 228. The van der Waals surface area contributed by atoms with E-state index in [-0.39, 0.29) is 3.42 Å². The fourth-order valence-corrected chi connectivity index (χ4v) is 2.26. The van der Waals surface area contributed by atoms with E-state index in [9.17, 15) is 0 Å². The Morgan fingerprint density at radius 2 is 2.30 bits per heavy atom. The van der Waals surface area contributed by atoms with Gasteiger partial charge in [0.2, 0.25) is 0 Å². The highest BCUT2D eigenvalue weighted by Gasteiger charge is 2.18. The summed E-state index contributed by atoms with van der Waals surface area (Å²) < 4.78 is 1.17. The van der Waals surface area contributed by atoms with E-state index < -0.39 is 0 Å². The molecule has 1 rings (SSSR count). The predicted molar refractivity (Wildman–Crippen MR) is 56.9 cm³/mol. The Morgan fingerprint density at radius 3 is 2.50 bits per heavy atom. The van der Waals surface area contributed by atoms with Crippen LogP contribution in [-0.4, -0.2) is 4.98 Å². The maximum absolute atomic E-state index is 4.11. The Balaban J connectivity index is 2.96. The highest BCUT2D eigenvalue weighted by atomic mass is 127. The quantitative estimate of drug-likeness (QED) is 0.566. The van der Waals surface area contributed by atoms with Crippen LogP contribution in [0.25, 0.3) is 0 Å². The van der Waals surface area contributed by atoms with Gasteiger partial charge in [-0.25, -0.2) is 4.98 Å². The van der Waals surface area contributed by atoms with Crippen LogP contribution in [0.2, 0.25) is 0 Å². The van der Waals surface area contributed by atoms with Gasteiger partial charge in [0.1, 0.15) is 0 Å². The van der Waals surface area contributed by atoms with Crippen LogP contribution in [0.4, 0.5) is 0 Å². The van der Waals surface area contributed by atoms with Gasteiger partial charge in [0.05, 0.1) is 3.42 Å². The molecule has 1 heterocycles. The van der Waals surface area contributed by atoms with Gasteiger partial charge in [-0.2, -0.15) is 0 Å². The van der Waals surface area contributed by atoms with Crippen LogP contribution in [0.1, 0.15) is 18.7 Å². The molecule has 4 heteroatoms. The first-order valence-electron chi connectivity index (χ1n) is 2.81. The standard InChI is InChI=1S/C6H7BrINS/c1-6(2,8)4-3-9-5(7)10-4/h3H,1-2H3. The number of hydrogen-bond donors (Lipinski definition) is 0. The van der Waals surface area contributed by atoms with Crippen molar-refractivity contribution in [2.45, 2.75) is 17.3 Å². The van der Waals surface area contributed by atoms with Gasteiger partial charge < -0.3 is 0 Å². The number of hydrogen-bond acceptors (Lipinski definition) is 2. The average Bonchev–Trinajstić information content (AvgIpc) is 2.11. The maximum Gasteiger partial charge on any atom is 0.159 e. The Labute approximate surface area is 86.5 Å². The van der Waals surface area contributed by atoms with Crippen LogP contribution in [-0.2, 0) is 3.42 Å². The molecule has 0 spiro atoms. The molecule has 0 unspecified atom stereocenters. The van der Waals surface area contributed by atoms with Crippen LogP contribution >= 0.6 is 49.9 Å². The normalized spacial score (nSPS) is 12.0. The first-order chi connectivity index (χ1) is 4.50. The lowest BCUT2D eigenvalue weighted by Gasteiger charge is -2.11. The number of alkyl halides is 1. The van der Waals surface area contributed by atoms with E-state index in [0.29, 0.717) is 0 Å². The summed E-state index contributed by atoms with van der Waals surface area (Å²) in [5.41, 5.74) is 0. The maximum atomic E-state index is 4.11. The SMILES string of the molecule is CC(C)(I)c1cnc(Br)s1. The molecule has 56 valence electrons. The van der Waals surface area contributed by atoms with Crippen molar-refractivity contribution in [1.82, 2.24) is 4.98 Å². The van der Waals surface area contributed by atoms with E-state index >= 15 is 0 Å². The topological polar surface area (TPSA) is 12.9 Å². The van der Waals surface area contributed by atoms with E-state index in [1.165, 1.54) is 4.88 Å². The predicted octanol–water partition coefficient (Wildman–Crippen LogP) is 3.58. The van der Waals surface area contributed by atoms with E-state index in [1.807, 2.05) is 6.20 Å². The van der Waals surface area contributed by atoms with Crippen molar-refractivity contribution < 1.29 is 0 Å². The van der Waals surface area contributed by atoms with Crippen molar-refractivity contribution >= 4 is 49.9 Å². The molecule has 0 radical (unpaired) electrons. The molecule has 0 bridgehead atoms. The van der Waals surface area contributed by atoms with Gasteiger partial charge in [0.25, 0.3) is 0 Å². The molecule has 0 amide bonds. The summed E-state index contributed by atoms with van der Waals surface area (Å²) in [4.78, 5) is 5.42. The minimum absolute atomic E-state index is 0.210. The zero-order valence-corrected chi connectivity index (χ0v) is 10.2. The second-order valence-electron chi connectivity index (χ2n) is 2.45. The van der Waals surface area contributed by atoms with Gasteiger partial charge in [-0.3, -0.25) is 0 Å². The molecule has 0 atom stereocenters. The molecule has 10 heavy (non-hydrogen) atoms. The zero-order valence-electron chi connectivity index (χ0n) is 5.69. The van der Waals surface area contributed by atoms with Crippen molar-refractivity contribution in [2.24, 2.45) is 0 Å². The van der Waals surface area contributed by atoms with Crippen LogP contribution < -0.4 is 0 Å². The minimum atomic E-state index is 0.210. The van der Waals surface area contributed by atoms with Crippen LogP contribution in [0.15, 0.2) is 10.1 Å². The first kappa shape index (κ1) is 8.93. The summed E-state index contributed by atoms with van der Waals surface area (Å²) in [5, 5.41) is 0. The summed E-state index contributed by atoms with van der Waals surface area (Å²) in [6.07, 6.45) is 1.92. The van der Waals surface area contributed by atoms with Crippen molar-refractivity contribution in [3.63, 3.8) is 0 Å². The molecular weight excluding hydrogens is 325 g/mol. The molecule has 1 aromatic heterocycles. The number of halogens is 2. The third kappa shape index (κ3) is 2.17. The number of nitrogens with zero attached hydrogens (tertiary/aromatic N) is 1. The minimum Gasteiger partial charge on any atom is -0.237 e. The highest BCUT2D eigenvalue weighted by Crippen LogP contribution is 2.35. The molecule has 0 aliphatic heterocycles. The van der Waals surface area contributed by atoms with Crippen molar-refractivity contribution in [2.75, 3.05) is 0 Å². The molecule has 1 nitrogen and oxygen atoms in total.